The molecular formula is C15H19FN4S. The second-order valence-electron chi connectivity index (χ2n) is 5.21. The van der Waals surface area contributed by atoms with E-state index in [9.17, 15) is 4.39 Å². The van der Waals surface area contributed by atoms with Gasteiger partial charge in [-0.15, -0.1) is 11.3 Å². The predicted octanol–water partition coefficient (Wildman–Crippen LogP) is 3.62. The van der Waals surface area contributed by atoms with E-state index in [4.69, 9.17) is 0 Å². The van der Waals surface area contributed by atoms with Crippen molar-refractivity contribution in [1.29, 1.82) is 0 Å². The molecule has 1 N–H and O–H groups in total. The number of rotatable bonds is 4. The van der Waals surface area contributed by atoms with Gasteiger partial charge in [-0.2, -0.15) is 4.98 Å². The zero-order valence-electron chi connectivity index (χ0n) is 12.3. The second-order valence-corrected chi connectivity index (χ2v) is 6.21. The highest BCUT2D eigenvalue weighted by atomic mass is 32.1. The lowest BCUT2D eigenvalue weighted by molar-refractivity contribution is 0.567. The third-order valence-electron chi connectivity index (χ3n) is 3.81. The molecule has 112 valence electrons. The molecule has 0 radical (unpaired) electrons. The lowest BCUT2D eigenvalue weighted by atomic mass is 10.0. The molecule has 0 spiro atoms. The third-order valence-corrected chi connectivity index (χ3v) is 4.80. The zero-order valence-corrected chi connectivity index (χ0v) is 13.1. The first-order chi connectivity index (χ1) is 10.2. The molecule has 3 heterocycles. The number of nitrogens with one attached hydrogen (secondary N) is 1. The van der Waals surface area contributed by atoms with Crippen molar-refractivity contribution in [3.05, 3.63) is 33.9 Å². The number of aromatic nitrogens is 2. The van der Waals surface area contributed by atoms with Gasteiger partial charge in [0.25, 0.3) is 0 Å². The summed E-state index contributed by atoms with van der Waals surface area (Å²) in [5.74, 6) is 0.534. The number of hydrogen-bond donors (Lipinski definition) is 1. The van der Waals surface area contributed by atoms with Crippen molar-refractivity contribution in [2.75, 3.05) is 23.3 Å². The summed E-state index contributed by atoms with van der Waals surface area (Å²) >= 11 is 1.78. The van der Waals surface area contributed by atoms with E-state index in [0.29, 0.717) is 11.8 Å². The van der Waals surface area contributed by atoms with Crippen molar-refractivity contribution in [3.63, 3.8) is 0 Å². The Morgan fingerprint density at radius 2 is 2.38 bits per heavy atom. The van der Waals surface area contributed by atoms with Crippen molar-refractivity contribution < 1.29 is 4.39 Å². The summed E-state index contributed by atoms with van der Waals surface area (Å²) in [6.07, 6.45) is 3.18. The Kier molecular flexibility index (Phi) is 4.05. The molecule has 1 atom stereocenters. The number of hydrogen-bond acceptors (Lipinski definition) is 5. The monoisotopic (exact) mass is 306 g/mol. The first kappa shape index (κ1) is 14.3. The molecule has 1 aliphatic heterocycles. The first-order valence-corrected chi connectivity index (χ1v) is 8.18. The van der Waals surface area contributed by atoms with Gasteiger partial charge in [0.05, 0.1) is 12.2 Å². The minimum absolute atomic E-state index is 0.142. The van der Waals surface area contributed by atoms with Crippen LogP contribution in [0, 0.1) is 5.82 Å². The number of anilines is 2. The maximum Gasteiger partial charge on any atom is 0.224 e. The Labute approximate surface area is 128 Å². The van der Waals surface area contributed by atoms with Crippen LogP contribution in [0.5, 0.6) is 0 Å². The van der Waals surface area contributed by atoms with E-state index in [0.717, 1.165) is 25.9 Å². The summed E-state index contributed by atoms with van der Waals surface area (Å²) in [6.45, 7) is 5.75. The van der Waals surface area contributed by atoms with E-state index in [1.165, 1.54) is 16.6 Å². The number of nitrogens with zero attached hydrogens (tertiary/aromatic N) is 3. The van der Waals surface area contributed by atoms with E-state index in [-0.39, 0.29) is 11.9 Å². The summed E-state index contributed by atoms with van der Waals surface area (Å²) in [6, 6.07) is 2.27. The quantitative estimate of drug-likeness (QED) is 0.936. The van der Waals surface area contributed by atoms with Gasteiger partial charge in [0.1, 0.15) is 0 Å². The molecular weight excluding hydrogens is 287 g/mol. The maximum atomic E-state index is 14.2. The van der Waals surface area contributed by atoms with Crippen molar-refractivity contribution in [2.45, 2.75) is 32.7 Å². The number of thiophene rings is 1. The lowest BCUT2D eigenvalue weighted by Crippen LogP contribution is -2.34. The standard InChI is InChI=1S/C15H19FN4S/c1-3-6-17-15-18-9-12(16)14(19-15)20-7-4-13-11(10(20)2)5-8-21-13/h5,8-10H,3-4,6-7H2,1-2H3,(H,17,18,19). The summed E-state index contributed by atoms with van der Waals surface area (Å²) in [5, 5.41) is 5.22. The zero-order chi connectivity index (χ0) is 14.8. The van der Waals surface area contributed by atoms with Crippen LogP contribution in [0.4, 0.5) is 16.2 Å². The Morgan fingerprint density at radius 3 is 3.19 bits per heavy atom. The highest BCUT2D eigenvalue weighted by Crippen LogP contribution is 2.36. The van der Waals surface area contributed by atoms with Gasteiger partial charge >= 0.3 is 0 Å². The molecule has 21 heavy (non-hydrogen) atoms. The van der Waals surface area contributed by atoms with E-state index in [2.05, 4.69) is 40.6 Å². The molecule has 0 amide bonds. The molecule has 4 nitrogen and oxygen atoms in total. The molecule has 0 aromatic carbocycles. The molecule has 2 aromatic rings. The number of halogens is 1. The van der Waals surface area contributed by atoms with Gasteiger partial charge in [0, 0.05) is 18.0 Å². The van der Waals surface area contributed by atoms with Crippen molar-refractivity contribution in [3.8, 4) is 0 Å². The highest BCUT2D eigenvalue weighted by molar-refractivity contribution is 7.10. The molecule has 0 aliphatic carbocycles. The number of fused-ring (bicyclic) bond motifs is 1. The smallest absolute Gasteiger partial charge is 0.224 e. The fourth-order valence-electron chi connectivity index (χ4n) is 2.68. The largest absolute Gasteiger partial charge is 0.354 e. The van der Waals surface area contributed by atoms with Crippen LogP contribution in [-0.2, 0) is 6.42 Å². The summed E-state index contributed by atoms with van der Waals surface area (Å²) < 4.78 is 14.2. The average molecular weight is 306 g/mol. The molecule has 0 fully saturated rings. The Hall–Kier alpha value is -1.69. The van der Waals surface area contributed by atoms with Crippen LogP contribution in [0.15, 0.2) is 17.6 Å². The van der Waals surface area contributed by atoms with Gasteiger partial charge < -0.3 is 10.2 Å². The fraction of sp³-hybridized carbons (Fsp3) is 0.467. The van der Waals surface area contributed by atoms with E-state index < -0.39 is 0 Å². The van der Waals surface area contributed by atoms with Crippen molar-refractivity contribution >= 4 is 23.1 Å². The highest BCUT2D eigenvalue weighted by Gasteiger charge is 2.28. The lowest BCUT2D eigenvalue weighted by Gasteiger charge is -2.34. The maximum absolute atomic E-state index is 14.2. The third kappa shape index (κ3) is 2.72. The van der Waals surface area contributed by atoms with Gasteiger partial charge in [0.2, 0.25) is 5.95 Å². The summed E-state index contributed by atoms with van der Waals surface area (Å²) in [4.78, 5) is 11.8. The van der Waals surface area contributed by atoms with Gasteiger partial charge in [-0.25, -0.2) is 9.37 Å². The Morgan fingerprint density at radius 1 is 1.52 bits per heavy atom. The molecule has 0 saturated heterocycles. The van der Waals surface area contributed by atoms with Crippen LogP contribution in [0.3, 0.4) is 0 Å². The Balaban J connectivity index is 1.90. The van der Waals surface area contributed by atoms with Crippen LogP contribution in [0.2, 0.25) is 0 Å². The van der Waals surface area contributed by atoms with Crippen LogP contribution in [0.25, 0.3) is 0 Å². The van der Waals surface area contributed by atoms with Gasteiger partial charge in [0.15, 0.2) is 11.6 Å². The van der Waals surface area contributed by atoms with Crippen LogP contribution in [-0.4, -0.2) is 23.1 Å². The normalized spacial score (nSPS) is 17.7. The van der Waals surface area contributed by atoms with E-state index in [1.54, 1.807) is 11.3 Å². The molecule has 1 aliphatic rings. The summed E-state index contributed by atoms with van der Waals surface area (Å²) in [7, 11) is 0. The molecule has 6 heteroatoms. The average Bonchev–Trinajstić information content (AvgIpc) is 2.97. The minimum atomic E-state index is -0.359. The fourth-order valence-corrected chi connectivity index (χ4v) is 3.64. The molecule has 2 aromatic heterocycles. The van der Waals surface area contributed by atoms with E-state index >= 15 is 0 Å². The van der Waals surface area contributed by atoms with Crippen LogP contribution >= 0.6 is 11.3 Å². The van der Waals surface area contributed by atoms with Gasteiger partial charge in [-0.3, -0.25) is 0 Å². The minimum Gasteiger partial charge on any atom is -0.354 e. The SMILES string of the molecule is CCCNc1ncc(F)c(N2CCc3sccc3C2C)n1. The topological polar surface area (TPSA) is 41.1 Å². The molecule has 0 saturated carbocycles. The molecule has 1 unspecified atom stereocenters. The molecule has 0 bridgehead atoms. The van der Waals surface area contributed by atoms with Gasteiger partial charge in [-0.1, -0.05) is 6.92 Å². The van der Waals surface area contributed by atoms with Gasteiger partial charge in [-0.05, 0) is 36.8 Å². The molecule has 3 rings (SSSR count). The first-order valence-electron chi connectivity index (χ1n) is 7.30. The van der Waals surface area contributed by atoms with Crippen LogP contribution < -0.4 is 10.2 Å². The Bertz CT molecular complexity index is 628. The van der Waals surface area contributed by atoms with E-state index in [1.807, 2.05) is 4.90 Å². The summed E-state index contributed by atoms with van der Waals surface area (Å²) in [5.41, 5.74) is 1.28. The van der Waals surface area contributed by atoms with Crippen LogP contribution in [0.1, 0.15) is 36.8 Å². The van der Waals surface area contributed by atoms with Crippen molar-refractivity contribution in [1.82, 2.24) is 9.97 Å². The second kappa shape index (κ2) is 5.97. The predicted molar refractivity (Wildman–Crippen MR) is 84.6 cm³/mol. The van der Waals surface area contributed by atoms with Crippen molar-refractivity contribution in [2.24, 2.45) is 0 Å².